The summed E-state index contributed by atoms with van der Waals surface area (Å²) in [7, 11) is 0. The van der Waals surface area contributed by atoms with Crippen LogP contribution in [0.25, 0.3) is 10.9 Å². The second-order valence-electron chi connectivity index (χ2n) is 5.53. The Bertz CT molecular complexity index is 548. The summed E-state index contributed by atoms with van der Waals surface area (Å²) < 4.78 is 0. The van der Waals surface area contributed by atoms with Gasteiger partial charge in [0.1, 0.15) is 0 Å². The minimum atomic E-state index is 0.00206. The maximum atomic E-state index is 5.86. The lowest BCUT2D eigenvalue weighted by Gasteiger charge is -2.36. The van der Waals surface area contributed by atoms with E-state index in [0.717, 1.165) is 24.3 Å². The Kier molecular flexibility index (Phi) is 4.17. The summed E-state index contributed by atoms with van der Waals surface area (Å²) in [5.41, 5.74) is 8.02. The maximum Gasteiger partial charge on any atom is 0.0705 e. The molecular formula is C16H23N3. The van der Waals surface area contributed by atoms with Crippen LogP contribution in [0.2, 0.25) is 0 Å². The molecule has 1 aromatic heterocycles. The molecule has 3 heteroatoms. The van der Waals surface area contributed by atoms with Crippen LogP contribution in [0, 0.1) is 0 Å². The van der Waals surface area contributed by atoms with E-state index >= 15 is 0 Å². The number of nitrogens with two attached hydrogens (primary N) is 1. The first-order valence-electron chi connectivity index (χ1n) is 6.86. The van der Waals surface area contributed by atoms with Gasteiger partial charge in [0.15, 0.2) is 0 Å². The van der Waals surface area contributed by atoms with Crippen LogP contribution in [-0.4, -0.2) is 28.5 Å². The molecule has 0 saturated heterocycles. The molecule has 1 aromatic carbocycles. The third kappa shape index (κ3) is 3.11. The molecule has 2 N–H and O–H groups in total. The van der Waals surface area contributed by atoms with Gasteiger partial charge < -0.3 is 5.73 Å². The van der Waals surface area contributed by atoms with Gasteiger partial charge in [0.05, 0.1) is 11.2 Å². The van der Waals surface area contributed by atoms with E-state index in [4.69, 9.17) is 10.7 Å². The molecular weight excluding hydrogens is 234 g/mol. The van der Waals surface area contributed by atoms with Crippen molar-refractivity contribution in [3.8, 4) is 0 Å². The number of rotatable bonds is 5. The lowest BCUT2D eigenvalue weighted by Crippen LogP contribution is -2.48. The van der Waals surface area contributed by atoms with Gasteiger partial charge in [-0.1, -0.05) is 31.2 Å². The minimum absolute atomic E-state index is 0.00206. The average Bonchev–Trinajstić information content (AvgIpc) is 2.44. The molecule has 0 aliphatic heterocycles. The van der Waals surface area contributed by atoms with Crippen molar-refractivity contribution in [2.24, 2.45) is 5.73 Å². The number of para-hydroxylation sites is 1. The molecule has 0 spiro atoms. The highest BCUT2D eigenvalue weighted by Gasteiger charge is 2.24. The molecule has 1 heterocycles. The summed E-state index contributed by atoms with van der Waals surface area (Å²) in [6, 6.07) is 12.5. The molecule has 0 saturated carbocycles. The highest BCUT2D eigenvalue weighted by Crippen LogP contribution is 2.18. The monoisotopic (exact) mass is 257 g/mol. The average molecular weight is 257 g/mol. The quantitative estimate of drug-likeness (QED) is 0.895. The fourth-order valence-corrected chi connectivity index (χ4v) is 2.27. The number of hydrogen-bond donors (Lipinski definition) is 1. The summed E-state index contributed by atoms with van der Waals surface area (Å²) in [5.74, 6) is 0. The summed E-state index contributed by atoms with van der Waals surface area (Å²) in [5, 5.41) is 1.19. The largest absolute Gasteiger partial charge is 0.329 e. The van der Waals surface area contributed by atoms with E-state index in [1.807, 2.05) is 12.1 Å². The minimum Gasteiger partial charge on any atom is -0.329 e. The number of hydrogen-bond acceptors (Lipinski definition) is 3. The van der Waals surface area contributed by atoms with Gasteiger partial charge in [-0.3, -0.25) is 9.88 Å². The van der Waals surface area contributed by atoms with Gasteiger partial charge >= 0.3 is 0 Å². The van der Waals surface area contributed by atoms with E-state index in [1.54, 1.807) is 0 Å². The van der Waals surface area contributed by atoms with Crippen LogP contribution in [0.3, 0.4) is 0 Å². The smallest absolute Gasteiger partial charge is 0.0705 e. The van der Waals surface area contributed by atoms with Gasteiger partial charge in [-0.15, -0.1) is 0 Å². The fraction of sp³-hybridized carbons (Fsp3) is 0.438. The molecule has 0 bridgehead atoms. The van der Waals surface area contributed by atoms with Gasteiger partial charge in [0.2, 0.25) is 0 Å². The SMILES string of the molecule is CCN(Cc1ccc2ccccc2n1)C(C)(C)CN. The van der Waals surface area contributed by atoms with Crippen LogP contribution in [0.1, 0.15) is 26.5 Å². The summed E-state index contributed by atoms with van der Waals surface area (Å²) in [6.07, 6.45) is 0. The number of nitrogens with zero attached hydrogens (tertiary/aromatic N) is 2. The molecule has 2 rings (SSSR count). The molecule has 0 aliphatic rings. The zero-order valence-corrected chi connectivity index (χ0v) is 12.1. The lowest BCUT2D eigenvalue weighted by atomic mass is 10.0. The van der Waals surface area contributed by atoms with Crippen molar-refractivity contribution in [1.82, 2.24) is 9.88 Å². The number of fused-ring (bicyclic) bond motifs is 1. The van der Waals surface area contributed by atoms with Gasteiger partial charge in [-0.05, 0) is 32.5 Å². The van der Waals surface area contributed by atoms with Crippen molar-refractivity contribution in [3.05, 3.63) is 42.1 Å². The molecule has 0 fully saturated rings. The second-order valence-corrected chi connectivity index (χ2v) is 5.53. The molecule has 0 atom stereocenters. The predicted octanol–water partition coefficient (Wildman–Crippen LogP) is 2.79. The normalized spacial score (nSPS) is 12.3. The number of likely N-dealkylation sites (N-methyl/N-ethyl adjacent to an activating group) is 1. The Morgan fingerprint density at radius 3 is 2.58 bits per heavy atom. The van der Waals surface area contributed by atoms with Gasteiger partial charge in [0, 0.05) is 24.0 Å². The van der Waals surface area contributed by atoms with E-state index < -0.39 is 0 Å². The zero-order chi connectivity index (χ0) is 13.9. The van der Waals surface area contributed by atoms with Crippen LogP contribution in [-0.2, 0) is 6.54 Å². The molecule has 102 valence electrons. The van der Waals surface area contributed by atoms with Gasteiger partial charge in [0.25, 0.3) is 0 Å². The predicted molar refractivity (Wildman–Crippen MR) is 81.0 cm³/mol. The maximum absolute atomic E-state index is 5.86. The van der Waals surface area contributed by atoms with Crippen molar-refractivity contribution < 1.29 is 0 Å². The summed E-state index contributed by atoms with van der Waals surface area (Å²) >= 11 is 0. The molecule has 0 unspecified atom stereocenters. The third-order valence-corrected chi connectivity index (χ3v) is 3.75. The standard InChI is InChI=1S/C16H23N3/c1-4-19(16(2,3)12-17)11-14-10-9-13-7-5-6-8-15(13)18-14/h5-10H,4,11-12,17H2,1-3H3. The highest BCUT2D eigenvalue weighted by atomic mass is 15.2. The summed E-state index contributed by atoms with van der Waals surface area (Å²) in [6.45, 7) is 8.98. The molecule has 2 aromatic rings. The van der Waals surface area contributed by atoms with E-state index in [2.05, 4.69) is 49.9 Å². The van der Waals surface area contributed by atoms with Crippen molar-refractivity contribution in [2.75, 3.05) is 13.1 Å². The fourth-order valence-electron chi connectivity index (χ4n) is 2.27. The van der Waals surface area contributed by atoms with Crippen LogP contribution >= 0.6 is 0 Å². The van der Waals surface area contributed by atoms with Crippen LogP contribution in [0.15, 0.2) is 36.4 Å². The molecule has 0 amide bonds. The molecule has 0 radical (unpaired) electrons. The van der Waals surface area contributed by atoms with E-state index in [0.29, 0.717) is 6.54 Å². The Morgan fingerprint density at radius 1 is 1.16 bits per heavy atom. The topological polar surface area (TPSA) is 42.2 Å². The Hall–Kier alpha value is -1.45. The highest BCUT2D eigenvalue weighted by molar-refractivity contribution is 5.78. The Balaban J connectivity index is 2.24. The van der Waals surface area contributed by atoms with E-state index in [9.17, 15) is 0 Å². The molecule has 0 aliphatic carbocycles. The van der Waals surface area contributed by atoms with Crippen molar-refractivity contribution >= 4 is 10.9 Å². The number of aromatic nitrogens is 1. The van der Waals surface area contributed by atoms with Crippen molar-refractivity contribution in [3.63, 3.8) is 0 Å². The number of benzene rings is 1. The van der Waals surface area contributed by atoms with E-state index in [1.165, 1.54) is 5.39 Å². The number of pyridine rings is 1. The van der Waals surface area contributed by atoms with Crippen molar-refractivity contribution in [2.45, 2.75) is 32.9 Å². The van der Waals surface area contributed by atoms with Crippen molar-refractivity contribution in [1.29, 1.82) is 0 Å². The Morgan fingerprint density at radius 2 is 1.89 bits per heavy atom. The van der Waals surface area contributed by atoms with Gasteiger partial charge in [-0.2, -0.15) is 0 Å². The van der Waals surface area contributed by atoms with Crippen LogP contribution in [0.4, 0.5) is 0 Å². The first kappa shape index (κ1) is 14.0. The third-order valence-electron chi connectivity index (χ3n) is 3.75. The van der Waals surface area contributed by atoms with Crippen LogP contribution in [0.5, 0.6) is 0 Å². The van der Waals surface area contributed by atoms with E-state index in [-0.39, 0.29) is 5.54 Å². The Labute approximate surface area is 115 Å². The van der Waals surface area contributed by atoms with Crippen LogP contribution < -0.4 is 5.73 Å². The second kappa shape index (κ2) is 5.68. The first-order chi connectivity index (χ1) is 9.06. The molecule has 19 heavy (non-hydrogen) atoms. The first-order valence-corrected chi connectivity index (χ1v) is 6.86. The summed E-state index contributed by atoms with van der Waals surface area (Å²) in [4.78, 5) is 7.09. The zero-order valence-electron chi connectivity index (χ0n) is 12.1. The van der Waals surface area contributed by atoms with Gasteiger partial charge in [-0.25, -0.2) is 0 Å². The molecule has 3 nitrogen and oxygen atoms in total. The lowest BCUT2D eigenvalue weighted by molar-refractivity contribution is 0.124.